The van der Waals surface area contributed by atoms with Gasteiger partial charge in [0.15, 0.2) is 6.29 Å². The van der Waals surface area contributed by atoms with Gasteiger partial charge in [0.1, 0.15) is 0 Å². The van der Waals surface area contributed by atoms with Gasteiger partial charge in [0.25, 0.3) is 7.82 Å². The first-order valence-corrected chi connectivity index (χ1v) is 5.61. The summed E-state index contributed by atoms with van der Waals surface area (Å²) in [5.74, 6) is 0. The minimum absolute atomic E-state index is 0. The molecule has 1 aliphatic heterocycles. The molecule has 3 atom stereocenters. The van der Waals surface area contributed by atoms with Crippen LogP contribution in [0, 0.1) is 0 Å². The van der Waals surface area contributed by atoms with Crippen molar-refractivity contribution in [3.63, 3.8) is 0 Å². The Kier molecular flexibility index (Phi) is 5.28. The van der Waals surface area contributed by atoms with Crippen LogP contribution in [0.15, 0.2) is 0 Å². The van der Waals surface area contributed by atoms with Gasteiger partial charge < -0.3 is 4.89 Å². The first-order valence-electron chi connectivity index (χ1n) is 2.69. The molecule has 1 N–H and O–H groups in total. The third-order valence-electron chi connectivity index (χ3n) is 0.855. The van der Waals surface area contributed by atoms with Gasteiger partial charge in [0, 0.05) is 0 Å². The second-order valence-corrected chi connectivity index (χ2v) is 4.86. The van der Waals surface area contributed by atoms with E-state index in [0.717, 1.165) is 6.92 Å². The smallest absolute Gasteiger partial charge is 0.756 e. The zero-order chi connectivity index (χ0) is 9.41. The topological polar surface area (TPSA) is 114 Å². The van der Waals surface area contributed by atoms with Crippen LogP contribution in [0.4, 0.5) is 0 Å². The average Bonchev–Trinajstić information content (AvgIpc) is 1.82. The van der Waals surface area contributed by atoms with Gasteiger partial charge in [-0.3, -0.25) is 13.6 Å². The minimum atomic E-state index is -4.70. The molecule has 0 spiro atoms. The van der Waals surface area contributed by atoms with Crippen LogP contribution in [0.5, 0.6) is 0 Å². The van der Waals surface area contributed by atoms with Gasteiger partial charge in [-0.15, -0.1) is 4.67 Å². The van der Waals surface area contributed by atoms with Crippen LogP contribution in [0.2, 0.25) is 0 Å². The molecule has 13 heavy (non-hydrogen) atoms. The van der Waals surface area contributed by atoms with Gasteiger partial charge in [0.2, 0.25) is 0 Å². The van der Waals surface area contributed by atoms with Crippen LogP contribution < -0.4 is 34.5 Å². The number of phosphoric ester groups is 1. The second-order valence-electron chi connectivity index (χ2n) is 1.84. The Morgan fingerprint density at radius 3 is 2.38 bits per heavy atom. The summed E-state index contributed by atoms with van der Waals surface area (Å²) in [7, 11) is -9.12. The zero-order valence-electron chi connectivity index (χ0n) is 6.78. The predicted molar refractivity (Wildman–Crippen MR) is 31.6 cm³/mol. The monoisotopic (exact) mass is 242 g/mol. The number of rotatable bonds is 1. The van der Waals surface area contributed by atoms with Crippen molar-refractivity contribution in [1.29, 1.82) is 0 Å². The van der Waals surface area contributed by atoms with E-state index >= 15 is 0 Å². The molecule has 0 aromatic carbocycles. The Hall–Kier alpha value is 1.22. The fourth-order valence-electron chi connectivity index (χ4n) is 0.578. The number of hydrogen-bond acceptors (Lipinski definition) is 8. The molecule has 3 unspecified atom stereocenters. The summed E-state index contributed by atoms with van der Waals surface area (Å²) in [6.45, 7) is 1.15. The summed E-state index contributed by atoms with van der Waals surface area (Å²) in [4.78, 5) is 10.6. The largest absolute Gasteiger partial charge is 1.00 e. The minimum Gasteiger partial charge on any atom is -0.756 e. The molecule has 0 aromatic rings. The van der Waals surface area contributed by atoms with Crippen molar-refractivity contribution in [2.75, 3.05) is 0 Å². The summed E-state index contributed by atoms with van der Waals surface area (Å²) in [5.41, 5.74) is 0. The Bertz CT molecular complexity index is 265. The van der Waals surface area contributed by atoms with E-state index in [1.807, 2.05) is 0 Å². The molecule has 0 aliphatic carbocycles. The molecule has 1 fully saturated rings. The average molecular weight is 242 g/mol. The molecule has 1 heterocycles. The SMILES string of the molecule is CC1OP(=O)([O-])OP(=O)(OO)O1.[Na+]. The van der Waals surface area contributed by atoms with Crippen molar-refractivity contribution in [2.45, 2.75) is 13.2 Å². The van der Waals surface area contributed by atoms with Crippen molar-refractivity contribution < 1.29 is 66.9 Å². The Morgan fingerprint density at radius 2 is 2.00 bits per heavy atom. The van der Waals surface area contributed by atoms with E-state index in [4.69, 9.17) is 5.26 Å². The van der Waals surface area contributed by atoms with Gasteiger partial charge >= 0.3 is 37.4 Å². The van der Waals surface area contributed by atoms with E-state index in [1.165, 1.54) is 0 Å². The van der Waals surface area contributed by atoms with E-state index in [0.29, 0.717) is 0 Å². The van der Waals surface area contributed by atoms with Gasteiger partial charge in [0.05, 0.1) is 0 Å². The molecule has 8 nitrogen and oxygen atoms in total. The van der Waals surface area contributed by atoms with Crippen molar-refractivity contribution in [1.82, 2.24) is 0 Å². The van der Waals surface area contributed by atoms with Crippen LogP contribution in [-0.4, -0.2) is 11.5 Å². The van der Waals surface area contributed by atoms with E-state index in [1.54, 1.807) is 0 Å². The van der Waals surface area contributed by atoms with Crippen LogP contribution in [0.3, 0.4) is 0 Å². The molecule has 11 heteroatoms. The molecule has 1 saturated heterocycles. The zero-order valence-corrected chi connectivity index (χ0v) is 10.6. The second kappa shape index (κ2) is 4.83. The van der Waals surface area contributed by atoms with Crippen LogP contribution in [0.1, 0.15) is 6.92 Å². The van der Waals surface area contributed by atoms with Gasteiger partial charge in [-0.05, 0) is 6.92 Å². The molecule has 0 bridgehead atoms. The Morgan fingerprint density at radius 1 is 1.46 bits per heavy atom. The van der Waals surface area contributed by atoms with Crippen molar-refractivity contribution in [3.05, 3.63) is 0 Å². The third kappa shape index (κ3) is 4.07. The van der Waals surface area contributed by atoms with Crippen molar-refractivity contribution in [3.8, 4) is 0 Å². The first-order chi connectivity index (χ1) is 5.37. The summed E-state index contributed by atoms with van der Waals surface area (Å²) < 4.78 is 36.7. The summed E-state index contributed by atoms with van der Waals surface area (Å²) in [6, 6.07) is 0. The molecular weight excluding hydrogens is 237 g/mol. The summed E-state index contributed by atoms with van der Waals surface area (Å²) in [6.07, 6.45) is -1.32. The van der Waals surface area contributed by atoms with E-state index in [-0.39, 0.29) is 29.6 Å². The van der Waals surface area contributed by atoms with Crippen LogP contribution in [0.25, 0.3) is 0 Å². The molecule has 0 radical (unpaired) electrons. The van der Waals surface area contributed by atoms with Crippen LogP contribution in [-0.2, 0) is 27.2 Å². The normalized spacial score (nSPS) is 45.3. The molecule has 72 valence electrons. The van der Waals surface area contributed by atoms with E-state index in [9.17, 15) is 14.0 Å². The fraction of sp³-hybridized carbons (Fsp3) is 1.00. The maximum absolute atomic E-state index is 10.9. The molecule has 0 aromatic heterocycles. The fourth-order valence-corrected chi connectivity index (χ4v) is 2.90. The number of phosphoric acid groups is 2. The van der Waals surface area contributed by atoms with Gasteiger partial charge in [-0.1, -0.05) is 0 Å². The summed E-state index contributed by atoms with van der Waals surface area (Å²) >= 11 is 0. The first kappa shape index (κ1) is 14.2. The summed E-state index contributed by atoms with van der Waals surface area (Å²) in [5, 5.41) is 7.97. The Balaban J connectivity index is 0.00000144. The van der Waals surface area contributed by atoms with Crippen molar-refractivity contribution >= 4 is 15.6 Å². The molecular formula is C2H5NaO8P2. The number of hydrogen-bond donors (Lipinski definition) is 1. The standard InChI is InChI=1S/C2H6O8P2.Na/c1-2-7-11(4,5)10-12(6,8-2)9-3;/h2-3H,1H3,(H,4,5);/q;+1/p-1. The van der Waals surface area contributed by atoms with Gasteiger partial charge in [-0.25, -0.2) is 14.1 Å². The van der Waals surface area contributed by atoms with Crippen molar-refractivity contribution in [2.24, 2.45) is 0 Å². The molecule has 0 saturated carbocycles. The maximum atomic E-state index is 10.9. The molecule has 1 aliphatic rings. The maximum Gasteiger partial charge on any atom is 1.00 e. The molecule has 0 amide bonds. The van der Waals surface area contributed by atoms with E-state index < -0.39 is 21.9 Å². The quantitative estimate of drug-likeness (QED) is 0.231. The third-order valence-corrected chi connectivity index (χ3v) is 3.77. The van der Waals surface area contributed by atoms with Gasteiger partial charge in [-0.2, -0.15) is 0 Å². The Labute approximate surface area is 95.6 Å². The predicted octanol–water partition coefficient (Wildman–Crippen LogP) is -2.53. The van der Waals surface area contributed by atoms with E-state index in [2.05, 4.69) is 18.0 Å². The molecule has 1 rings (SSSR count). The van der Waals surface area contributed by atoms with Crippen LogP contribution >= 0.6 is 15.6 Å².